The maximum Gasteiger partial charge on any atom is 0.259 e. The van der Waals surface area contributed by atoms with E-state index in [4.69, 9.17) is 5.73 Å². The Morgan fingerprint density at radius 3 is 2.42 bits per heavy atom. The summed E-state index contributed by atoms with van der Waals surface area (Å²) in [5, 5.41) is 6.48. The topological polar surface area (TPSA) is 95.3 Å². The summed E-state index contributed by atoms with van der Waals surface area (Å²) in [5.74, 6) is -0.219. The minimum atomic E-state index is -0.263. The first kappa shape index (κ1) is 15.0. The Hall–Kier alpha value is -2.05. The molecule has 1 rings (SSSR count). The average molecular weight is 267 g/mol. The van der Waals surface area contributed by atoms with Crippen LogP contribution in [0.2, 0.25) is 0 Å². The van der Waals surface area contributed by atoms with Gasteiger partial charge in [0.05, 0.1) is 0 Å². The number of carbonyl (C=O) groups excluding carboxylic acids is 2. The fourth-order valence-corrected chi connectivity index (χ4v) is 1.70. The van der Waals surface area contributed by atoms with E-state index in [2.05, 4.69) is 10.2 Å². The second-order valence-electron chi connectivity index (χ2n) is 4.62. The number of aromatic amines is 1. The van der Waals surface area contributed by atoms with Gasteiger partial charge in [0.25, 0.3) is 5.91 Å². The quantitative estimate of drug-likeness (QED) is 0.799. The first-order valence-electron chi connectivity index (χ1n) is 6.18. The van der Waals surface area contributed by atoms with E-state index in [0.29, 0.717) is 17.8 Å². The number of nitrogen functional groups attached to an aromatic ring is 1. The fraction of sp³-hybridized carbons (Fsp3) is 0.583. The standard InChI is InChI=1S/C12H21N5O2/c1-5-6-17(7-9(18)16(3)4)12(19)10-8(2)14-15-11(10)13/h5-7H2,1-4H3,(H3,13,14,15). The predicted molar refractivity (Wildman–Crippen MR) is 72.6 cm³/mol. The number of carbonyl (C=O) groups is 2. The van der Waals surface area contributed by atoms with Crippen molar-refractivity contribution >= 4 is 17.6 Å². The van der Waals surface area contributed by atoms with Gasteiger partial charge in [-0.15, -0.1) is 0 Å². The Morgan fingerprint density at radius 1 is 1.37 bits per heavy atom. The van der Waals surface area contributed by atoms with Crippen molar-refractivity contribution < 1.29 is 9.59 Å². The van der Waals surface area contributed by atoms with E-state index < -0.39 is 0 Å². The molecule has 0 aliphatic heterocycles. The lowest BCUT2D eigenvalue weighted by molar-refractivity contribution is -0.129. The van der Waals surface area contributed by atoms with Gasteiger partial charge in [0.1, 0.15) is 12.1 Å². The number of amides is 2. The van der Waals surface area contributed by atoms with E-state index in [1.165, 1.54) is 9.80 Å². The number of hydrogen-bond donors (Lipinski definition) is 2. The van der Waals surface area contributed by atoms with Gasteiger partial charge in [0.2, 0.25) is 5.91 Å². The second-order valence-corrected chi connectivity index (χ2v) is 4.62. The van der Waals surface area contributed by atoms with Crippen molar-refractivity contribution in [3.63, 3.8) is 0 Å². The first-order chi connectivity index (χ1) is 8.88. The lowest BCUT2D eigenvalue weighted by Gasteiger charge is -2.23. The van der Waals surface area contributed by atoms with Crippen LogP contribution in [0.5, 0.6) is 0 Å². The Kier molecular flexibility index (Phi) is 4.91. The molecule has 0 spiro atoms. The van der Waals surface area contributed by atoms with Crippen molar-refractivity contribution in [2.24, 2.45) is 0 Å². The number of rotatable bonds is 5. The summed E-state index contributed by atoms with van der Waals surface area (Å²) in [4.78, 5) is 27.1. The summed E-state index contributed by atoms with van der Waals surface area (Å²) in [6.45, 7) is 4.23. The zero-order chi connectivity index (χ0) is 14.6. The highest BCUT2D eigenvalue weighted by Gasteiger charge is 2.24. The molecule has 0 unspecified atom stereocenters. The minimum absolute atomic E-state index is 0.0454. The van der Waals surface area contributed by atoms with Crippen LogP contribution in [0.1, 0.15) is 29.4 Å². The smallest absolute Gasteiger partial charge is 0.259 e. The molecule has 1 aromatic rings. The third-order valence-corrected chi connectivity index (χ3v) is 2.79. The normalized spacial score (nSPS) is 10.3. The van der Waals surface area contributed by atoms with E-state index in [9.17, 15) is 9.59 Å². The first-order valence-corrected chi connectivity index (χ1v) is 6.18. The van der Waals surface area contributed by atoms with Crippen molar-refractivity contribution in [3.8, 4) is 0 Å². The molecule has 0 radical (unpaired) electrons. The number of nitrogens with two attached hydrogens (primary N) is 1. The summed E-state index contributed by atoms with van der Waals surface area (Å²) >= 11 is 0. The van der Waals surface area contributed by atoms with Crippen LogP contribution >= 0.6 is 0 Å². The zero-order valence-corrected chi connectivity index (χ0v) is 11.9. The lowest BCUT2D eigenvalue weighted by atomic mass is 10.2. The van der Waals surface area contributed by atoms with E-state index in [1.807, 2.05) is 6.92 Å². The van der Waals surface area contributed by atoms with Crippen LogP contribution in [0.15, 0.2) is 0 Å². The second kappa shape index (κ2) is 6.21. The van der Waals surface area contributed by atoms with E-state index in [-0.39, 0.29) is 24.2 Å². The molecule has 19 heavy (non-hydrogen) atoms. The molecule has 106 valence electrons. The highest BCUT2D eigenvalue weighted by Crippen LogP contribution is 2.15. The fourth-order valence-electron chi connectivity index (χ4n) is 1.70. The van der Waals surface area contributed by atoms with Crippen LogP contribution < -0.4 is 5.73 Å². The molecule has 0 atom stereocenters. The highest BCUT2D eigenvalue weighted by molar-refractivity contribution is 6.01. The van der Waals surface area contributed by atoms with Gasteiger partial charge in [-0.3, -0.25) is 14.7 Å². The number of hydrogen-bond acceptors (Lipinski definition) is 4. The molecule has 0 saturated heterocycles. The maximum absolute atomic E-state index is 12.4. The molecular weight excluding hydrogens is 246 g/mol. The largest absolute Gasteiger partial charge is 0.382 e. The number of nitrogens with zero attached hydrogens (tertiary/aromatic N) is 3. The number of likely N-dealkylation sites (N-methyl/N-ethyl adjacent to an activating group) is 1. The molecule has 2 amide bonds. The molecule has 1 aromatic heterocycles. The maximum atomic E-state index is 12.4. The van der Waals surface area contributed by atoms with Gasteiger partial charge in [-0.2, -0.15) is 5.10 Å². The van der Waals surface area contributed by atoms with Crippen LogP contribution in [0, 0.1) is 6.92 Å². The minimum Gasteiger partial charge on any atom is -0.382 e. The molecule has 0 saturated carbocycles. The summed E-state index contributed by atoms with van der Waals surface area (Å²) in [5.41, 5.74) is 6.64. The molecule has 7 heteroatoms. The predicted octanol–water partition coefficient (Wildman–Crippen LogP) is 0.241. The lowest BCUT2D eigenvalue weighted by Crippen LogP contribution is -2.41. The van der Waals surface area contributed by atoms with Gasteiger partial charge in [0.15, 0.2) is 5.82 Å². The molecule has 0 bridgehead atoms. The Balaban J connectivity index is 2.93. The van der Waals surface area contributed by atoms with E-state index >= 15 is 0 Å². The van der Waals surface area contributed by atoms with Crippen LogP contribution in [0.25, 0.3) is 0 Å². The Bertz CT molecular complexity index is 447. The third-order valence-electron chi connectivity index (χ3n) is 2.79. The summed E-state index contributed by atoms with van der Waals surface area (Å²) < 4.78 is 0. The summed E-state index contributed by atoms with van der Waals surface area (Å²) in [6, 6.07) is 0. The van der Waals surface area contributed by atoms with Crippen LogP contribution in [0.4, 0.5) is 5.82 Å². The molecule has 0 aliphatic rings. The number of nitrogens with one attached hydrogen (secondary N) is 1. The SMILES string of the molecule is CCCN(CC(=O)N(C)C)C(=O)c1c(N)n[nH]c1C. The Labute approximate surface area is 112 Å². The number of H-pyrrole nitrogens is 1. The summed E-state index contributed by atoms with van der Waals surface area (Å²) in [7, 11) is 3.32. The van der Waals surface area contributed by atoms with Gasteiger partial charge in [-0.25, -0.2) is 0 Å². The van der Waals surface area contributed by atoms with Crippen molar-refractivity contribution in [3.05, 3.63) is 11.3 Å². The Morgan fingerprint density at radius 2 is 2.00 bits per heavy atom. The molecule has 0 aliphatic carbocycles. The highest BCUT2D eigenvalue weighted by atomic mass is 16.2. The molecule has 7 nitrogen and oxygen atoms in total. The van der Waals surface area contributed by atoms with Crippen molar-refractivity contribution in [2.45, 2.75) is 20.3 Å². The van der Waals surface area contributed by atoms with E-state index in [0.717, 1.165) is 6.42 Å². The van der Waals surface area contributed by atoms with Crippen LogP contribution in [0.3, 0.4) is 0 Å². The third kappa shape index (κ3) is 3.46. The average Bonchev–Trinajstić information content (AvgIpc) is 2.67. The molecular formula is C12H21N5O2. The van der Waals surface area contributed by atoms with Gasteiger partial charge >= 0.3 is 0 Å². The molecule has 0 aromatic carbocycles. The molecule has 3 N–H and O–H groups in total. The van der Waals surface area contributed by atoms with Gasteiger partial charge in [-0.05, 0) is 13.3 Å². The molecule has 0 fully saturated rings. The van der Waals surface area contributed by atoms with Crippen LogP contribution in [-0.4, -0.2) is 59.0 Å². The zero-order valence-electron chi connectivity index (χ0n) is 11.9. The molecule has 1 heterocycles. The van der Waals surface area contributed by atoms with Crippen LogP contribution in [-0.2, 0) is 4.79 Å². The van der Waals surface area contributed by atoms with Gasteiger partial charge in [0, 0.05) is 26.3 Å². The van der Waals surface area contributed by atoms with Crippen molar-refractivity contribution in [1.82, 2.24) is 20.0 Å². The van der Waals surface area contributed by atoms with Gasteiger partial charge in [-0.1, -0.05) is 6.92 Å². The number of aryl methyl sites for hydroxylation is 1. The summed E-state index contributed by atoms with van der Waals surface area (Å²) in [6.07, 6.45) is 0.767. The van der Waals surface area contributed by atoms with Crippen molar-refractivity contribution in [2.75, 3.05) is 32.9 Å². The monoisotopic (exact) mass is 267 g/mol. The van der Waals surface area contributed by atoms with E-state index in [1.54, 1.807) is 21.0 Å². The number of anilines is 1. The van der Waals surface area contributed by atoms with Crippen molar-refractivity contribution in [1.29, 1.82) is 0 Å². The number of aromatic nitrogens is 2. The van der Waals surface area contributed by atoms with Gasteiger partial charge < -0.3 is 15.5 Å².